The first-order valence-electron chi connectivity index (χ1n) is 20.7. The van der Waals surface area contributed by atoms with E-state index < -0.39 is 0 Å². The highest BCUT2D eigenvalue weighted by Gasteiger charge is 2.45. The lowest BCUT2D eigenvalue weighted by Gasteiger charge is -2.37. The topological polar surface area (TPSA) is 6.48 Å². The van der Waals surface area contributed by atoms with E-state index in [1.807, 2.05) is 0 Å². The Morgan fingerprint density at radius 1 is 0.526 bits per heavy atom. The van der Waals surface area contributed by atoms with Gasteiger partial charge in [0.15, 0.2) is 0 Å². The van der Waals surface area contributed by atoms with Gasteiger partial charge in [-0.15, -0.1) is 0 Å². The molecule has 286 valence electrons. The van der Waals surface area contributed by atoms with E-state index in [4.69, 9.17) is 6.58 Å². The number of hydrogen-bond donors (Lipinski definition) is 0. The van der Waals surface area contributed by atoms with Gasteiger partial charge >= 0.3 is 0 Å². The molecule has 57 heavy (non-hydrogen) atoms. The van der Waals surface area contributed by atoms with Crippen LogP contribution in [0.4, 0.5) is 28.4 Å². The molecule has 0 radical (unpaired) electrons. The molecule has 6 aromatic carbocycles. The van der Waals surface area contributed by atoms with Crippen molar-refractivity contribution in [3.05, 3.63) is 209 Å². The molecule has 6 aromatic rings. The Labute approximate surface area is 341 Å². The molecular formula is C55H56N2. The second kappa shape index (κ2) is 14.9. The third kappa shape index (κ3) is 6.65. The lowest BCUT2D eigenvalue weighted by molar-refractivity contribution is 0.581. The third-order valence-corrected chi connectivity index (χ3v) is 12.4. The minimum atomic E-state index is -0.374. The number of hydrogen-bond acceptors (Lipinski definition) is 2. The fraction of sp³-hybridized carbons (Fsp3) is 0.236. The molecule has 0 heterocycles. The Bertz CT molecular complexity index is 2400. The minimum absolute atomic E-state index is 0.273. The predicted molar refractivity (Wildman–Crippen MR) is 245 cm³/mol. The summed E-state index contributed by atoms with van der Waals surface area (Å²) in [6.45, 7) is 24.1. The summed E-state index contributed by atoms with van der Waals surface area (Å²) in [5.41, 5.74) is 18.6. The zero-order valence-corrected chi connectivity index (χ0v) is 35.0. The summed E-state index contributed by atoms with van der Waals surface area (Å²) in [7, 11) is 0. The number of para-hydroxylation sites is 4. The van der Waals surface area contributed by atoms with E-state index in [9.17, 15) is 0 Å². The molecule has 0 amide bonds. The molecule has 0 saturated heterocycles. The van der Waals surface area contributed by atoms with Crippen molar-refractivity contribution in [2.75, 3.05) is 9.80 Å². The van der Waals surface area contributed by atoms with Crippen molar-refractivity contribution in [1.29, 1.82) is 0 Å². The van der Waals surface area contributed by atoms with Crippen LogP contribution in [-0.2, 0) is 17.3 Å². The summed E-state index contributed by atoms with van der Waals surface area (Å²) < 4.78 is 0. The van der Waals surface area contributed by atoms with Crippen molar-refractivity contribution in [2.45, 2.75) is 84.5 Å². The van der Waals surface area contributed by atoms with Crippen molar-refractivity contribution >= 4 is 28.4 Å². The van der Waals surface area contributed by atoms with E-state index in [1.54, 1.807) is 0 Å². The van der Waals surface area contributed by atoms with E-state index in [0.717, 1.165) is 40.4 Å². The van der Waals surface area contributed by atoms with Crippen LogP contribution >= 0.6 is 0 Å². The first-order valence-corrected chi connectivity index (χ1v) is 20.7. The maximum Gasteiger partial charge on any atom is 0.0467 e. The van der Waals surface area contributed by atoms with Gasteiger partial charge in [0.1, 0.15) is 0 Å². The standard InChI is InChI=1S/C55H56N2/c1-37(2)47-36-49-51-48(38(3)4)34-45(57(42-27-18-12-19-28-42)43-29-20-13-21-30-43)35-50(51)55(8,9)53(49)52-46(47)32-22-31-44(33-39(5)54(52,6)7)56(40-23-14-10-15-24-40)41-25-16-11-17-26-41/h10-31,33-38H,5,32H2,1-4,6-9H3/b31-22-,44-33+. The summed E-state index contributed by atoms with van der Waals surface area (Å²) in [5, 5.41) is 0. The average molecular weight is 745 g/mol. The first-order chi connectivity index (χ1) is 27.4. The van der Waals surface area contributed by atoms with E-state index in [1.165, 1.54) is 50.2 Å². The Morgan fingerprint density at radius 3 is 1.47 bits per heavy atom. The van der Waals surface area contributed by atoms with Gasteiger partial charge in [-0.1, -0.05) is 147 Å². The number of fused-ring (bicyclic) bond motifs is 5. The fourth-order valence-electron chi connectivity index (χ4n) is 9.38. The molecule has 8 rings (SSSR count). The Kier molecular flexibility index (Phi) is 9.94. The average Bonchev–Trinajstić information content (AvgIpc) is 3.45. The van der Waals surface area contributed by atoms with Crippen LogP contribution < -0.4 is 9.80 Å². The maximum atomic E-state index is 4.93. The first kappa shape index (κ1) is 38.0. The van der Waals surface area contributed by atoms with Gasteiger partial charge in [0, 0.05) is 45.0 Å². The highest BCUT2D eigenvalue weighted by atomic mass is 15.1. The van der Waals surface area contributed by atoms with Gasteiger partial charge in [-0.25, -0.2) is 0 Å². The number of benzene rings is 6. The van der Waals surface area contributed by atoms with Crippen LogP contribution in [-0.4, -0.2) is 0 Å². The summed E-state index contributed by atoms with van der Waals surface area (Å²) in [6, 6.07) is 50.6. The van der Waals surface area contributed by atoms with Crippen molar-refractivity contribution in [2.24, 2.45) is 0 Å². The molecule has 0 aromatic heterocycles. The molecule has 0 saturated carbocycles. The number of anilines is 5. The quantitative estimate of drug-likeness (QED) is 0.153. The molecule has 0 bridgehead atoms. The van der Waals surface area contributed by atoms with Gasteiger partial charge < -0.3 is 9.80 Å². The molecule has 2 nitrogen and oxygen atoms in total. The molecule has 0 spiro atoms. The van der Waals surface area contributed by atoms with Gasteiger partial charge in [-0.05, 0) is 141 Å². The molecule has 0 unspecified atom stereocenters. The third-order valence-electron chi connectivity index (χ3n) is 12.4. The highest BCUT2D eigenvalue weighted by molar-refractivity contribution is 5.90. The zero-order valence-electron chi connectivity index (χ0n) is 35.0. The molecule has 2 heteroatoms. The lowest BCUT2D eigenvalue weighted by atomic mass is 9.66. The van der Waals surface area contributed by atoms with Gasteiger partial charge in [-0.2, -0.15) is 0 Å². The minimum Gasteiger partial charge on any atom is -0.311 e. The second-order valence-corrected chi connectivity index (χ2v) is 17.5. The van der Waals surface area contributed by atoms with Gasteiger partial charge in [0.05, 0.1) is 0 Å². The Morgan fingerprint density at radius 2 is 1.00 bits per heavy atom. The molecule has 0 N–H and O–H groups in total. The molecule has 2 aliphatic carbocycles. The maximum absolute atomic E-state index is 4.93. The van der Waals surface area contributed by atoms with E-state index in [-0.39, 0.29) is 10.8 Å². The van der Waals surface area contributed by atoms with E-state index >= 15 is 0 Å². The fourth-order valence-corrected chi connectivity index (χ4v) is 9.38. The van der Waals surface area contributed by atoms with E-state index in [0.29, 0.717) is 11.8 Å². The van der Waals surface area contributed by atoms with Crippen LogP contribution in [0.2, 0.25) is 0 Å². The van der Waals surface area contributed by atoms with Gasteiger partial charge in [0.25, 0.3) is 0 Å². The Balaban J connectivity index is 1.36. The zero-order chi connectivity index (χ0) is 40.1. The molecule has 0 atom stereocenters. The summed E-state index contributed by atoms with van der Waals surface area (Å²) >= 11 is 0. The van der Waals surface area contributed by atoms with Crippen LogP contribution in [0, 0.1) is 0 Å². The summed E-state index contributed by atoms with van der Waals surface area (Å²) in [5.74, 6) is 0.667. The van der Waals surface area contributed by atoms with Crippen LogP contribution in [0.5, 0.6) is 0 Å². The van der Waals surface area contributed by atoms with E-state index in [2.05, 4.69) is 223 Å². The van der Waals surface area contributed by atoms with Crippen LogP contribution in [0.25, 0.3) is 11.1 Å². The molecule has 0 fully saturated rings. The predicted octanol–water partition coefficient (Wildman–Crippen LogP) is 15.4. The SMILES string of the molecule is C=C1/C=C(N(c2ccccc2)c2ccccc2)\C=C/Cc2c(C(C)C)cc3c(c2C1(C)C)C(C)(C)c1cc(N(c2ccccc2)c2ccccc2)cc(C(C)C)c1-3. The summed E-state index contributed by atoms with van der Waals surface area (Å²) in [6.07, 6.45) is 7.88. The van der Waals surface area contributed by atoms with Crippen molar-refractivity contribution in [1.82, 2.24) is 0 Å². The van der Waals surface area contributed by atoms with Crippen LogP contribution in [0.15, 0.2) is 176 Å². The molecular weight excluding hydrogens is 689 g/mol. The highest BCUT2D eigenvalue weighted by Crippen LogP contribution is 2.58. The van der Waals surface area contributed by atoms with Crippen LogP contribution in [0.3, 0.4) is 0 Å². The molecule has 2 aliphatic rings. The smallest absolute Gasteiger partial charge is 0.0467 e. The monoisotopic (exact) mass is 744 g/mol. The number of nitrogens with zero attached hydrogens (tertiary/aromatic N) is 2. The second-order valence-electron chi connectivity index (χ2n) is 17.5. The molecule has 0 aliphatic heterocycles. The number of allylic oxidation sites excluding steroid dienone is 4. The van der Waals surface area contributed by atoms with Gasteiger partial charge in [-0.3, -0.25) is 0 Å². The van der Waals surface area contributed by atoms with Crippen molar-refractivity contribution in [3.8, 4) is 11.1 Å². The lowest BCUT2D eigenvalue weighted by Crippen LogP contribution is -2.29. The van der Waals surface area contributed by atoms with Crippen LogP contribution in [0.1, 0.15) is 101 Å². The van der Waals surface area contributed by atoms with Gasteiger partial charge in [0.2, 0.25) is 0 Å². The normalized spacial score (nSPS) is 16.7. The summed E-state index contributed by atoms with van der Waals surface area (Å²) in [4.78, 5) is 4.79. The van der Waals surface area contributed by atoms with Crippen molar-refractivity contribution < 1.29 is 0 Å². The number of rotatable bonds is 8. The largest absolute Gasteiger partial charge is 0.311 e. The Hall–Kier alpha value is -5.86. The van der Waals surface area contributed by atoms with Crippen molar-refractivity contribution in [3.63, 3.8) is 0 Å².